The number of aryl methyl sites for hydroxylation is 1. The molecule has 2 heterocycles. The third-order valence-electron chi connectivity index (χ3n) is 3.15. The number of nitrogens with one attached hydrogen (secondary N) is 1. The molecule has 112 valence electrons. The molecular weight excluding hydrogens is 278 g/mol. The van der Waals surface area contributed by atoms with E-state index in [1.54, 1.807) is 13.8 Å². The molecule has 0 aliphatic carbocycles. The molecule has 0 fully saturated rings. The molecule has 0 radical (unpaired) electrons. The topological polar surface area (TPSA) is 116 Å². The van der Waals surface area contributed by atoms with Crippen LogP contribution in [0.1, 0.15) is 29.5 Å². The predicted molar refractivity (Wildman–Crippen MR) is 73.2 cm³/mol. The van der Waals surface area contributed by atoms with Gasteiger partial charge in [0.05, 0.1) is 18.3 Å². The minimum Gasteiger partial charge on any atom is -0.481 e. The Morgan fingerprint density at radius 1 is 1.48 bits per heavy atom. The van der Waals surface area contributed by atoms with Gasteiger partial charge in [0.1, 0.15) is 11.1 Å². The molecule has 0 aliphatic rings. The first-order chi connectivity index (χ1) is 9.95. The number of furan rings is 1. The minimum atomic E-state index is -0.991. The zero-order valence-electron chi connectivity index (χ0n) is 11.7. The Labute approximate surface area is 119 Å². The summed E-state index contributed by atoms with van der Waals surface area (Å²) in [5.74, 6) is -1.14. The number of hydrogen-bond acceptors (Lipinski definition) is 5. The second-order valence-electron chi connectivity index (χ2n) is 4.47. The highest BCUT2D eigenvalue weighted by atomic mass is 16.4. The molecular formula is C13H15N3O5. The van der Waals surface area contributed by atoms with E-state index in [9.17, 15) is 14.4 Å². The van der Waals surface area contributed by atoms with Crippen LogP contribution in [0.5, 0.6) is 0 Å². The fourth-order valence-electron chi connectivity index (χ4n) is 2.10. The van der Waals surface area contributed by atoms with Gasteiger partial charge in [0.2, 0.25) is 5.71 Å². The van der Waals surface area contributed by atoms with E-state index in [0.717, 1.165) is 0 Å². The van der Waals surface area contributed by atoms with Crippen LogP contribution in [-0.2, 0) is 4.79 Å². The fraction of sp³-hybridized carbons (Fsp3) is 0.385. The molecule has 0 saturated carbocycles. The number of hydrogen-bond donors (Lipinski definition) is 2. The number of H-pyrrole nitrogens is 1. The lowest BCUT2D eigenvalue weighted by Crippen LogP contribution is -2.33. The van der Waals surface area contributed by atoms with E-state index in [4.69, 9.17) is 9.52 Å². The van der Waals surface area contributed by atoms with Crippen LogP contribution in [0.25, 0.3) is 11.1 Å². The van der Waals surface area contributed by atoms with Gasteiger partial charge in [-0.2, -0.15) is 0 Å². The predicted octanol–water partition coefficient (Wildman–Crippen LogP) is 0.761. The highest BCUT2D eigenvalue weighted by molar-refractivity contribution is 6.06. The highest BCUT2D eigenvalue weighted by Crippen LogP contribution is 2.22. The molecule has 2 rings (SSSR count). The van der Waals surface area contributed by atoms with Crippen molar-refractivity contribution in [2.75, 3.05) is 13.1 Å². The zero-order chi connectivity index (χ0) is 15.6. The molecule has 8 nitrogen and oxygen atoms in total. The highest BCUT2D eigenvalue weighted by Gasteiger charge is 2.25. The van der Waals surface area contributed by atoms with Gasteiger partial charge in [0.15, 0.2) is 0 Å². The zero-order valence-corrected chi connectivity index (χ0v) is 11.7. The van der Waals surface area contributed by atoms with Crippen LogP contribution < -0.4 is 5.56 Å². The van der Waals surface area contributed by atoms with Crippen LogP contribution in [0.2, 0.25) is 0 Å². The number of fused-ring (bicyclic) bond motifs is 1. The number of rotatable bonds is 5. The third kappa shape index (κ3) is 2.78. The number of amides is 1. The van der Waals surface area contributed by atoms with Crippen molar-refractivity contribution >= 4 is 23.0 Å². The van der Waals surface area contributed by atoms with Crippen LogP contribution >= 0.6 is 0 Å². The maximum atomic E-state index is 12.5. The summed E-state index contributed by atoms with van der Waals surface area (Å²) in [7, 11) is 0. The summed E-state index contributed by atoms with van der Waals surface area (Å²) in [4.78, 5) is 42.7. The molecule has 8 heteroatoms. The summed E-state index contributed by atoms with van der Waals surface area (Å²) in [6, 6.07) is 0. The van der Waals surface area contributed by atoms with Gasteiger partial charge in [-0.25, -0.2) is 4.98 Å². The summed E-state index contributed by atoms with van der Waals surface area (Å²) >= 11 is 0. The fourth-order valence-corrected chi connectivity index (χ4v) is 2.10. The quantitative estimate of drug-likeness (QED) is 0.840. The van der Waals surface area contributed by atoms with Gasteiger partial charge in [-0.1, -0.05) is 0 Å². The van der Waals surface area contributed by atoms with E-state index in [2.05, 4.69) is 9.97 Å². The van der Waals surface area contributed by atoms with Gasteiger partial charge in [0.25, 0.3) is 11.5 Å². The van der Waals surface area contributed by atoms with Gasteiger partial charge >= 0.3 is 5.97 Å². The van der Waals surface area contributed by atoms with Crippen molar-refractivity contribution in [3.8, 4) is 0 Å². The van der Waals surface area contributed by atoms with Gasteiger partial charge in [-0.05, 0) is 13.8 Å². The van der Waals surface area contributed by atoms with E-state index in [1.165, 1.54) is 11.2 Å². The molecule has 0 bridgehead atoms. The molecule has 21 heavy (non-hydrogen) atoms. The van der Waals surface area contributed by atoms with Gasteiger partial charge in [-0.3, -0.25) is 14.4 Å². The summed E-state index contributed by atoms with van der Waals surface area (Å²) in [5.41, 5.74) is -0.241. The van der Waals surface area contributed by atoms with Crippen LogP contribution in [0.15, 0.2) is 15.5 Å². The molecule has 2 aromatic heterocycles. The lowest BCUT2D eigenvalue weighted by Gasteiger charge is -2.19. The first kappa shape index (κ1) is 14.8. The van der Waals surface area contributed by atoms with Crippen LogP contribution in [0, 0.1) is 6.92 Å². The van der Waals surface area contributed by atoms with E-state index < -0.39 is 17.4 Å². The Morgan fingerprint density at radius 3 is 2.81 bits per heavy atom. The van der Waals surface area contributed by atoms with Crippen LogP contribution in [0.3, 0.4) is 0 Å². The van der Waals surface area contributed by atoms with Crippen molar-refractivity contribution in [1.29, 1.82) is 0 Å². The average molecular weight is 293 g/mol. The maximum Gasteiger partial charge on any atom is 0.305 e. The first-order valence-corrected chi connectivity index (χ1v) is 6.43. The van der Waals surface area contributed by atoms with E-state index >= 15 is 0 Å². The molecule has 0 spiro atoms. The number of carboxylic acid groups (broad SMARTS) is 1. The molecule has 0 unspecified atom stereocenters. The Bertz CT molecular complexity index is 746. The number of carbonyl (C=O) groups excluding carboxylic acids is 1. The van der Waals surface area contributed by atoms with Crippen LogP contribution in [0.4, 0.5) is 0 Å². The maximum absolute atomic E-state index is 12.5. The van der Waals surface area contributed by atoms with Gasteiger partial charge in [0, 0.05) is 13.1 Å². The Morgan fingerprint density at radius 2 is 2.19 bits per heavy atom. The van der Waals surface area contributed by atoms with Gasteiger partial charge < -0.3 is 19.4 Å². The molecule has 0 aliphatic heterocycles. The summed E-state index contributed by atoms with van der Waals surface area (Å²) in [6.07, 6.45) is 1.03. The van der Waals surface area contributed by atoms with E-state index in [1.807, 2.05) is 0 Å². The molecule has 2 aromatic rings. The lowest BCUT2D eigenvalue weighted by molar-refractivity contribution is -0.137. The van der Waals surface area contributed by atoms with Crippen molar-refractivity contribution in [3.63, 3.8) is 0 Å². The summed E-state index contributed by atoms with van der Waals surface area (Å²) < 4.78 is 5.33. The Balaban J connectivity index is 2.45. The van der Waals surface area contributed by atoms with Crippen molar-refractivity contribution < 1.29 is 19.1 Å². The Kier molecular flexibility index (Phi) is 4.06. The van der Waals surface area contributed by atoms with Gasteiger partial charge in [-0.15, -0.1) is 0 Å². The molecule has 2 N–H and O–H groups in total. The summed E-state index contributed by atoms with van der Waals surface area (Å²) in [5, 5.41) is 8.81. The molecule has 0 saturated heterocycles. The van der Waals surface area contributed by atoms with Crippen molar-refractivity contribution in [2.45, 2.75) is 20.3 Å². The number of nitrogens with zero attached hydrogens (tertiary/aromatic N) is 2. The first-order valence-electron chi connectivity index (χ1n) is 6.43. The number of carboxylic acids is 1. The number of aliphatic carboxylic acids is 1. The number of aromatic nitrogens is 2. The Hall–Kier alpha value is -2.64. The lowest BCUT2D eigenvalue weighted by atomic mass is 10.1. The van der Waals surface area contributed by atoms with E-state index in [0.29, 0.717) is 6.54 Å². The van der Waals surface area contributed by atoms with E-state index in [-0.39, 0.29) is 35.4 Å². The SMILES string of the molecule is CCN(CCC(=O)O)C(=O)c1c(C)oc2nc[nH]c(=O)c12. The normalized spacial score (nSPS) is 10.8. The van der Waals surface area contributed by atoms with Crippen molar-refractivity contribution in [2.24, 2.45) is 0 Å². The monoisotopic (exact) mass is 293 g/mol. The number of aromatic amines is 1. The second-order valence-corrected chi connectivity index (χ2v) is 4.47. The molecule has 0 aromatic carbocycles. The molecule has 0 atom stereocenters. The average Bonchev–Trinajstić information content (AvgIpc) is 2.76. The second kappa shape index (κ2) is 5.78. The largest absolute Gasteiger partial charge is 0.481 e. The third-order valence-corrected chi connectivity index (χ3v) is 3.15. The van der Waals surface area contributed by atoms with Crippen LogP contribution in [-0.4, -0.2) is 44.9 Å². The minimum absolute atomic E-state index is 0.0644. The van der Waals surface area contributed by atoms with Crippen molar-refractivity contribution in [1.82, 2.24) is 14.9 Å². The standard InChI is InChI=1S/C13H15N3O5/c1-3-16(5-4-8(17)18)13(20)9-7(2)21-12-10(9)11(19)14-6-15-12/h6H,3-5H2,1-2H3,(H,17,18)(H,14,15,19). The molecule has 1 amide bonds. The van der Waals surface area contributed by atoms with Crippen molar-refractivity contribution in [3.05, 3.63) is 28.0 Å². The summed E-state index contributed by atoms with van der Waals surface area (Å²) in [6.45, 7) is 3.70. The smallest absolute Gasteiger partial charge is 0.305 e. The number of carbonyl (C=O) groups is 2.